The van der Waals surface area contributed by atoms with Crippen LogP contribution < -0.4 is 10.6 Å². The van der Waals surface area contributed by atoms with Gasteiger partial charge in [0.15, 0.2) is 0 Å². The largest absolute Gasteiger partial charge is 0.445 e. The average molecular weight is 619 g/mol. The number of amides is 3. The van der Waals surface area contributed by atoms with Gasteiger partial charge in [0.1, 0.15) is 19.3 Å². The van der Waals surface area contributed by atoms with Crippen LogP contribution >= 0.6 is 11.8 Å². The van der Waals surface area contributed by atoms with Gasteiger partial charge in [-0.25, -0.2) is 14.1 Å². The molecular weight excluding hydrogens is 570 g/mol. The molecule has 1 aliphatic heterocycles. The third-order valence-corrected chi connectivity index (χ3v) is 10.3. The van der Waals surface area contributed by atoms with Gasteiger partial charge in [-0.2, -0.15) is 0 Å². The van der Waals surface area contributed by atoms with E-state index in [-0.39, 0.29) is 29.2 Å². The number of aliphatic hydroxyl groups excluding tert-OH is 1. The van der Waals surface area contributed by atoms with E-state index in [1.54, 1.807) is 11.8 Å². The molecular formula is C36H48N3O4S+. The molecule has 44 heavy (non-hydrogen) atoms. The molecule has 1 aliphatic carbocycles. The number of rotatable bonds is 9. The highest BCUT2D eigenvalue weighted by molar-refractivity contribution is 7.99. The van der Waals surface area contributed by atoms with Crippen molar-refractivity contribution < 1.29 is 23.9 Å². The summed E-state index contributed by atoms with van der Waals surface area (Å²) in [4.78, 5) is 28.1. The molecule has 8 heteroatoms. The molecule has 0 radical (unpaired) electrons. The highest BCUT2D eigenvalue weighted by atomic mass is 32.2. The van der Waals surface area contributed by atoms with Gasteiger partial charge in [0.2, 0.25) is 0 Å². The number of carbonyl (C=O) groups is 2. The first kappa shape index (κ1) is 32.3. The summed E-state index contributed by atoms with van der Waals surface area (Å²) >= 11 is 1.59. The molecule has 3 N–H and O–H groups in total. The van der Waals surface area contributed by atoms with Crippen LogP contribution in [0, 0.1) is 11.8 Å². The molecule has 3 aromatic carbocycles. The van der Waals surface area contributed by atoms with Gasteiger partial charge in [0.05, 0.1) is 19.1 Å². The molecule has 1 saturated carbocycles. The number of quaternary nitrogens is 1. The molecule has 5 rings (SSSR count). The van der Waals surface area contributed by atoms with Crippen LogP contribution in [-0.2, 0) is 11.3 Å². The lowest BCUT2D eigenvalue weighted by molar-refractivity contribution is -0.865. The van der Waals surface area contributed by atoms with E-state index in [1.165, 1.54) is 24.6 Å². The number of nitrogens with one attached hydrogen (secondary N) is 2. The van der Waals surface area contributed by atoms with Crippen LogP contribution in [0.1, 0.15) is 58.4 Å². The second-order valence-electron chi connectivity index (χ2n) is 13.7. The predicted octanol–water partition coefficient (Wildman–Crippen LogP) is 7.12. The zero-order chi connectivity index (χ0) is 31.2. The summed E-state index contributed by atoms with van der Waals surface area (Å²) in [6, 6.07) is 23.4. The van der Waals surface area contributed by atoms with E-state index < -0.39 is 18.2 Å². The number of hydrogen-bond acceptors (Lipinski definition) is 5. The Balaban J connectivity index is 1.34. The normalized spacial score (nSPS) is 23.3. The Morgan fingerprint density at radius 2 is 1.66 bits per heavy atom. The lowest BCUT2D eigenvalue weighted by Crippen LogP contribution is -2.68. The van der Waals surface area contributed by atoms with E-state index in [0.29, 0.717) is 24.1 Å². The predicted molar refractivity (Wildman–Crippen MR) is 177 cm³/mol. The Morgan fingerprint density at radius 1 is 0.955 bits per heavy atom. The standard InChI is InChI=1S/C36H47N3O4S/c1-36(2,3)38-34(41)39(20-19-28-14-8-10-16-30(28)22-39)23-33(40)32(37-35(42)43-24-26-11-5-4-6-12-26)25-44-31-18-17-27-13-7-9-15-29(27)21-31/h4-7,9,11-13,15,17-18,21,28,30,32-33,40H,8,10,14,16,19-20,22-25H2,1-3H3,(H-,37,38,41,42)/p+1/t28-,30+,32+,33-,39?/m0/s1. The lowest BCUT2D eigenvalue weighted by Gasteiger charge is -2.48. The van der Waals surface area contributed by atoms with E-state index in [1.807, 2.05) is 63.2 Å². The number of carbonyl (C=O) groups excluding carboxylic acids is 2. The van der Waals surface area contributed by atoms with Crippen LogP contribution in [0.4, 0.5) is 9.59 Å². The van der Waals surface area contributed by atoms with Crippen molar-refractivity contribution in [3.8, 4) is 0 Å². The van der Waals surface area contributed by atoms with Gasteiger partial charge >= 0.3 is 12.1 Å². The number of aliphatic hydroxyl groups is 1. The van der Waals surface area contributed by atoms with E-state index in [2.05, 4.69) is 41.0 Å². The molecule has 0 aromatic heterocycles. The van der Waals surface area contributed by atoms with E-state index in [0.717, 1.165) is 35.2 Å². The number of thioether (sulfide) groups is 1. The van der Waals surface area contributed by atoms with Crippen molar-refractivity contribution in [3.05, 3.63) is 78.4 Å². The number of fused-ring (bicyclic) bond motifs is 2. The Labute approximate surface area is 266 Å². The minimum Gasteiger partial charge on any atom is -0.445 e. The SMILES string of the molecule is CC(C)(C)NC(=O)[N+]1(C[C@H](O)[C@@H](CSc2ccc3ccccc3c2)NC(=O)OCc2ccccc2)CC[C@@H]2CCCC[C@@H]2C1. The number of urea groups is 1. The fourth-order valence-corrected chi connectivity index (χ4v) is 7.88. The van der Waals surface area contributed by atoms with Crippen molar-refractivity contribution in [3.63, 3.8) is 0 Å². The fraction of sp³-hybridized carbons (Fsp3) is 0.500. The van der Waals surface area contributed by atoms with Crippen LogP contribution in [0.5, 0.6) is 0 Å². The minimum atomic E-state index is -0.946. The van der Waals surface area contributed by atoms with Crippen LogP contribution in [0.25, 0.3) is 10.8 Å². The van der Waals surface area contributed by atoms with Crippen LogP contribution in [0.15, 0.2) is 77.7 Å². The monoisotopic (exact) mass is 618 g/mol. The van der Waals surface area contributed by atoms with Gasteiger partial charge in [-0.15, -0.1) is 11.8 Å². The van der Waals surface area contributed by atoms with Gasteiger partial charge in [-0.1, -0.05) is 73.5 Å². The van der Waals surface area contributed by atoms with Crippen molar-refractivity contribution in [2.45, 2.75) is 82.1 Å². The maximum absolute atomic E-state index is 14.0. The third kappa shape index (κ3) is 8.55. The van der Waals surface area contributed by atoms with Crippen molar-refractivity contribution >= 4 is 34.7 Å². The van der Waals surface area contributed by atoms with E-state index >= 15 is 0 Å². The number of alkyl carbamates (subject to hydrolysis) is 1. The molecule has 0 bridgehead atoms. The Bertz CT molecular complexity index is 1410. The van der Waals surface area contributed by atoms with E-state index in [9.17, 15) is 14.7 Å². The molecule has 236 valence electrons. The summed E-state index contributed by atoms with van der Waals surface area (Å²) in [5.41, 5.74) is 0.505. The number of ether oxygens (including phenoxy) is 1. The first-order chi connectivity index (χ1) is 21.1. The molecule has 2 fully saturated rings. The van der Waals surface area contributed by atoms with Crippen molar-refractivity contribution in [1.29, 1.82) is 0 Å². The summed E-state index contributed by atoms with van der Waals surface area (Å²) < 4.78 is 5.75. The first-order valence-electron chi connectivity index (χ1n) is 16.1. The van der Waals surface area contributed by atoms with Gasteiger partial charge in [0, 0.05) is 28.5 Å². The van der Waals surface area contributed by atoms with Crippen molar-refractivity contribution in [1.82, 2.24) is 10.6 Å². The summed E-state index contributed by atoms with van der Waals surface area (Å²) in [5, 5.41) is 20.4. The summed E-state index contributed by atoms with van der Waals surface area (Å²) in [5.74, 6) is 1.57. The number of nitrogens with zero attached hydrogens (tertiary/aromatic N) is 1. The average Bonchev–Trinajstić information content (AvgIpc) is 3.01. The molecule has 1 unspecified atom stereocenters. The maximum Gasteiger partial charge on any atom is 0.417 e. The van der Waals surface area contributed by atoms with Crippen molar-refractivity contribution in [2.75, 3.05) is 25.4 Å². The second kappa shape index (κ2) is 14.4. The Kier molecular flexibility index (Phi) is 10.5. The van der Waals surface area contributed by atoms with Crippen molar-refractivity contribution in [2.24, 2.45) is 11.8 Å². The quantitative estimate of drug-likeness (QED) is 0.176. The molecule has 3 aromatic rings. The zero-order valence-electron chi connectivity index (χ0n) is 26.3. The van der Waals surface area contributed by atoms with E-state index in [4.69, 9.17) is 4.74 Å². The molecule has 1 saturated heterocycles. The number of hydrogen-bond donors (Lipinski definition) is 3. The van der Waals surface area contributed by atoms with Crippen LogP contribution in [-0.4, -0.2) is 64.8 Å². The number of likely N-dealkylation sites (tertiary alicyclic amines) is 1. The highest BCUT2D eigenvalue weighted by Crippen LogP contribution is 2.39. The topological polar surface area (TPSA) is 87.7 Å². The summed E-state index contributed by atoms with van der Waals surface area (Å²) in [7, 11) is 0. The molecule has 2 aliphatic rings. The fourth-order valence-electron chi connectivity index (χ4n) is 6.82. The van der Waals surface area contributed by atoms with Gasteiger partial charge in [-0.05, 0) is 68.0 Å². The summed E-state index contributed by atoms with van der Waals surface area (Å²) in [6.07, 6.45) is 4.29. The highest BCUT2D eigenvalue weighted by Gasteiger charge is 2.49. The molecule has 5 atom stereocenters. The zero-order valence-corrected chi connectivity index (χ0v) is 27.2. The van der Waals surface area contributed by atoms with Gasteiger partial charge < -0.3 is 20.5 Å². The van der Waals surface area contributed by atoms with Gasteiger partial charge in [0.25, 0.3) is 0 Å². The summed E-state index contributed by atoms with van der Waals surface area (Å²) in [6.45, 7) is 7.81. The molecule has 1 heterocycles. The lowest BCUT2D eigenvalue weighted by atomic mass is 9.74. The Hall–Kier alpha value is -3.07. The minimum absolute atomic E-state index is 0.0341. The molecule has 0 spiro atoms. The number of piperidine rings is 1. The van der Waals surface area contributed by atoms with Gasteiger partial charge in [-0.3, -0.25) is 0 Å². The molecule has 7 nitrogen and oxygen atoms in total. The third-order valence-electron chi connectivity index (χ3n) is 9.16. The smallest absolute Gasteiger partial charge is 0.417 e. The second-order valence-corrected chi connectivity index (χ2v) is 14.8. The van der Waals surface area contributed by atoms with Crippen LogP contribution in [0.2, 0.25) is 0 Å². The first-order valence-corrected chi connectivity index (χ1v) is 17.0. The maximum atomic E-state index is 14.0. The molecule has 3 amide bonds. The Morgan fingerprint density at radius 3 is 2.41 bits per heavy atom. The van der Waals surface area contributed by atoms with Crippen LogP contribution in [0.3, 0.4) is 0 Å². The number of benzene rings is 3.